The Balaban J connectivity index is 1.24. The lowest BCUT2D eigenvalue weighted by atomic mass is 10.0. The van der Waals surface area contributed by atoms with Gasteiger partial charge in [-0.15, -0.1) is 10.2 Å². The van der Waals surface area contributed by atoms with E-state index < -0.39 is 11.6 Å². The van der Waals surface area contributed by atoms with E-state index in [1.807, 2.05) is 30.3 Å². The monoisotopic (exact) mass is 413 g/mol. The number of rotatable bonds is 7. The van der Waals surface area contributed by atoms with Crippen LogP contribution in [-0.2, 0) is 17.9 Å². The van der Waals surface area contributed by atoms with Crippen molar-refractivity contribution in [3.8, 4) is 0 Å². The number of carbonyl (C=O) groups excluding carboxylic acids is 1. The summed E-state index contributed by atoms with van der Waals surface area (Å²) >= 11 is 0. The van der Waals surface area contributed by atoms with Crippen LogP contribution in [0.4, 0.5) is 9.59 Å². The molecule has 2 saturated heterocycles. The predicted octanol–water partition coefficient (Wildman–Crippen LogP) is 2.49. The van der Waals surface area contributed by atoms with Crippen LogP contribution in [0.5, 0.6) is 0 Å². The highest BCUT2D eigenvalue weighted by Gasteiger charge is 2.49. The zero-order chi connectivity index (χ0) is 20.7. The smallest absolute Gasteiger partial charge is 0.405 e. The summed E-state index contributed by atoms with van der Waals surface area (Å²) in [6, 6.07) is 9.26. The highest BCUT2D eigenvalue weighted by Crippen LogP contribution is 2.40. The fraction of sp³-hybridized carbons (Fsp3) is 0.500. The molecule has 2 bridgehead atoms. The molecule has 3 aliphatic rings. The van der Waals surface area contributed by atoms with Crippen LogP contribution in [0, 0.1) is 0 Å². The number of amides is 3. The zero-order valence-corrected chi connectivity index (χ0v) is 16.4. The molecule has 1 saturated carbocycles. The molecule has 2 aromatic rings. The molecule has 0 radical (unpaired) electrons. The number of carboxylic acid groups (broad SMARTS) is 1. The first-order chi connectivity index (χ1) is 14.5. The average molecular weight is 413 g/mol. The Morgan fingerprint density at radius 3 is 2.80 bits per heavy atom. The summed E-state index contributed by atoms with van der Waals surface area (Å²) in [5.41, 5.74) is 0.502. The lowest BCUT2D eigenvalue weighted by Gasteiger charge is -2.27. The molecule has 1 aromatic carbocycles. The van der Waals surface area contributed by atoms with Crippen molar-refractivity contribution in [2.75, 3.05) is 6.54 Å². The number of hydroxylamine groups is 2. The molecule has 0 spiro atoms. The van der Waals surface area contributed by atoms with E-state index in [0.717, 1.165) is 24.8 Å². The van der Waals surface area contributed by atoms with Gasteiger partial charge < -0.3 is 19.7 Å². The number of nitrogens with zero attached hydrogens (tertiary/aromatic N) is 4. The first kappa shape index (κ1) is 18.9. The molecular weight excluding hydrogens is 390 g/mol. The van der Waals surface area contributed by atoms with Gasteiger partial charge in [0.25, 0.3) is 0 Å². The molecular formula is C20H23N5O5. The second-order valence-electron chi connectivity index (χ2n) is 8.19. The van der Waals surface area contributed by atoms with E-state index in [4.69, 9.17) is 14.4 Å². The van der Waals surface area contributed by atoms with E-state index >= 15 is 0 Å². The van der Waals surface area contributed by atoms with Gasteiger partial charge in [-0.2, -0.15) is 5.06 Å². The standard InChI is InChI=1S/C20H23N5O5/c26-18(27)21-20(8-9-20)10-16-22-23-17(30-16)15-7-6-14-11-24(15)19(28)25(14)29-12-13-4-2-1-3-5-13/h1-5,14-15,21H,6-12H2,(H,26,27)/t14-,15+/m1/s1. The number of piperidine rings is 1. The van der Waals surface area contributed by atoms with Gasteiger partial charge in [0.1, 0.15) is 12.6 Å². The molecule has 158 valence electrons. The van der Waals surface area contributed by atoms with Crippen molar-refractivity contribution in [3.05, 3.63) is 47.7 Å². The third kappa shape index (κ3) is 3.58. The normalized spacial score (nSPS) is 24.2. The fourth-order valence-corrected chi connectivity index (χ4v) is 4.26. The molecule has 3 fully saturated rings. The number of aromatic nitrogens is 2. The maximum absolute atomic E-state index is 12.9. The summed E-state index contributed by atoms with van der Waals surface area (Å²) in [5.74, 6) is 0.787. The number of nitrogens with one attached hydrogen (secondary N) is 1. The van der Waals surface area contributed by atoms with Gasteiger partial charge >= 0.3 is 12.1 Å². The summed E-state index contributed by atoms with van der Waals surface area (Å²) in [6.45, 7) is 0.894. The van der Waals surface area contributed by atoms with Crippen LogP contribution in [0.1, 0.15) is 49.1 Å². The summed E-state index contributed by atoms with van der Waals surface area (Å²) in [4.78, 5) is 31.4. The Kier molecular flexibility index (Phi) is 4.58. The van der Waals surface area contributed by atoms with Crippen molar-refractivity contribution in [2.45, 2.75) is 56.3 Å². The number of urea groups is 1. The maximum Gasteiger partial charge on any atom is 0.405 e. The Hall–Kier alpha value is -3.14. The molecule has 30 heavy (non-hydrogen) atoms. The fourth-order valence-electron chi connectivity index (χ4n) is 4.26. The lowest BCUT2D eigenvalue weighted by molar-refractivity contribution is -0.140. The van der Waals surface area contributed by atoms with Crippen LogP contribution in [0.15, 0.2) is 34.7 Å². The number of fused-ring (bicyclic) bond motifs is 2. The van der Waals surface area contributed by atoms with Gasteiger partial charge in [0.2, 0.25) is 11.8 Å². The highest BCUT2D eigenvalue weighted by molar-refractivity contribution is 5.77. The van der Waals surface area contributed by atoms with Crippen LogP contribution in [-0.4, -0.2) is 55.5 Å². The average Bonchev–Trinajstić information content (AvgIpc) is 3.23. The quantitative estimate of drug-likeness (QED) is 0.715. The first-order valence-electron chi connectivity index (χ1n) is 10.1. The molecule has 3 heterocycles. The third-order valence-electron chi connectivity index (χ3n) is 6.02. The number of hydrogen-bond acceptors (Lipinski definition) is 6. The van der Waals surface area contributed by atoms with E-state index in [0.29, 0.717) is 37.8 Å². The Labute approximate surface area is 172 Å². The van der Waals surface area contributed by atoms with Gasteiger partial charge in [0, 0.05) is 13.0 Å². The molecule has 1 aromatic heterocycles. The summed E-state index contributed by atoms with van der Waals surface area (Å²) in [5, 5.41) is 21.2. The number of benzene rings is 1. The van der Waals surface area contributed by atoms with E-state index in [-0.39, 0.29) is 18.1 Å². The van der Waals surface area contributed by atoms with Gasteiger partial charge in [-0.3, -0.25) is 4.84 Å². The Morgan fingerprint density at radius 1 is 1.27 bits per heavy atom. The van der Waals surface area contributed by atoms with Gasteiger partial charge in [-0.05, 0) is 31.2 Å². The molecule has 1 aliphatic carbocycles. The van der Waals surface area contributed by atoms with Crippen LogP contribution < -0.4 is 5.32 Å². The molecule has 2 N–H and O–H groups in total. The molecule has 10 heteroatoms. The van der Waals surface area contributed by atoms with Crippen molar-refractivity contribution in [1.82, 2.24) is 25.5 Å². The van der Waals surface area contributed by atoms with Gasteiger partial charge in [-0.25, -0.2) is 9.59 Å². The Morgan fingerprint density at radius 2 is 2.07 bits per heavy atom. The number of carbonyl (C=O) groups is 2. The van der Waals surface area contributed by atoms with E-state index in [9.17, 15) is 9.59 Å². The lowest BCUT2D eigenvalue weighted by Crippen LogP contribution is -2.37. The van der Waals surface area contributed by atoms with Gasteiger partial charge in [0.05, 0.1) is 11.6 Å². The molecule has 10 nitrogen and oxygen atoms in total. The SMILES string of the molecule is O=C(O)NC1(Cc2nnc([C@@H]3CC[C@@H]4CN3C(=O)N4OCc3ccccc3)o2)CC1. The van der Waals surface area contributed by atoms with Crippen LogP contribution >= 0.6 is 0 Å². The molecule has 5 rings (SSSR count). The van der Waals surface area contributed by atoms with Crippen molar-refractivity contribution in [2.24, 2.45) is 0 Å². The number of hydrogen-bond donors (Lipinski definition) is 2. The van der Waals surface area contributed by atoms with Crippen molar-refractivity contribution in [1.29, 1.82) is 0 Å². The highest BCUT2D eigenvalue weighted by atomic mass is 16.7. The minimum atomic E-state index is -1.05. The summed E-state index contributed by atoms with van der Waals surface area (Å²) in [7, 11) is 0. The Bertz CT molecular complexity index is 944. The van der Waals surface area contributed by atoms with Crippen molar-refractivity contribution >= 4 is 12.1 Å². The maximum atomic E-state index is 12.9. The molecule has 3 amide bonds. The van der Waals surface area contributed by atoms with Crippen LogP contribution in [0.25, 0.3) is 0 Å². The molecule has 2 atom stereocenters. The van der Waals surface area contributed by atoms with Crippen LogP contribution in [0.3, 0.4) is 0 Å². The third-order valence-corrected chi connectivity index (χ3v) is 6.02. The van der Waals surface area contributed by atoms with Gasteiger partial charge in [-0.1, -0.05) is 30.3 Å². The second-order valence-corrected chi connectivity index (χ2v) is 8.19. The minimum absolute atomic E-state index is 0.00866. The zero-order valence-electron chi connectivity index (χ0n) is 16.4. The second kappa shape index (κ2) is 7.28. The van der Waals surface area contributed by atoms with Crippen molar-refractivity contribution < 1.29 is 24.0 Å². The predicted molar refractivity (Wildman–Crippen MR) is 102 cm³/mol. The first-order valence-corrected chi connectivity index (χ1v) is 10.1. The van der Waals surface area contributed by atoms with E-state index in [2.05, 4.69) is 15.5 Å². The van der Waals surface area contributed by atoms with Crippen molar-refractivity contribution in [3.63, 3.8) is 0 Å². The summed E-state index contributed by atoms with van der Waals surface area (Å²) in [6.07, 6.45) is 2.30. The molecule has 0 unspecified atom stereocenters. The minimum Gasteiger partial charge on any atom is -0.465 e. The topological polar surface area (TPSA) is 121 Å². The van der Waals surface area contributed by atoms with Crippen LogP contribution in [0.2, 0.25) is 0 Å². The molecule has 2 aliphatic heterocycles. The van der Waals surface area contributed by atoms with E-state index in [1.165, 1.54) is 5.06 Å². The largest absolute Gasteiger partial charge is 0.465 e. The summed E-state index contributed by atoms with van der Waals surface area (Å²) < 4.78 is 5.84. The van der Waals surface area contributed by atoms with E-state index in [1.54, 1.807) is 4.90 Å². The van der Waals surface area contributed by atoms with Gasteiger partial charge in [0.15, 0.2) is 0 Å².